The van der Waals surface area contributed by atoms with E-state index in [1.165, 1.54) is 0 Å². The average molecular weight is 288 g/mol. The number of hydrogen-bond acceptors (Lipinski definition) is 1. The van der Waals surface area contributed by atoms with Gasteiger partial charge in [0.2, 0.25) is 0 Å². The Hall–Kier alpha value is -1.61. The van der Waals surface area contributed by atoms with E-state index in [1.54, 1.807) is 6.92 Å². The second-order valence-electron chi connectivity index (χ2n) is 4.10. The van der Waals surface area contributed by atoms with Gasteiger partial charge < -0.3 is 4.98 Å². The molecule has 0 saturated carbocycles. The van der Waals surface area contributed by atoms with Gasteiger partial charge in [-0.25, -0.2) is 0 Å². The molecule has 1 N–H and O–H groups in total. The monoisotopic (exact) mass is 287 g/mol. The van der Waals surface area contributed by atoms with E-state index in [9.17, 15) is 4.79 Å². The fourth-order valence-corrected chi connectivity index (χ4v) is 2.55. The Balaban J connectivity index is 2.51. The highest BCUT2D eigenvalue weighted by Crippen LogP contribution is 2.29. The summed E-state index contributed by atoms with van der Waals surface area (Å²) in [6.45, 7) is 1.59. The van der Waals surface area contributed by atoms with Crippen LogP contribution in [0.3, 0.4) is 0 Å². The van der Waals surface area contributed by atoms with Gasteiger partial charge in [-0.05, 0) is 31.2 Å². The quantitative estimate of drug-likeness (QED) is 0.666. The largest absolute Gasteiger partial charge is 0.354 e. The van der Waals surface area contributed by atoms with E-state index in [-0.39, 0.29) is 5.78 Å². The van der Waals surface area contributed by atoms with Crippen LogP contribution in [-0.4, -0.2) is 10.8 Å². The van der Waals surface area contributed by atoms with Crippen LogP contribution in [0, 0.1) is 0 Å². The standard InChI is InChI=1S/C14H10BrNO/c1-8(17)10-3-2-4-11-12-7-9(15)5-6-13(12)16-14(10)11/h2-7,16H,1H3. The van der Waals surface area contributed by atoms with Gasteiger partial charge >= 0.3 is 0 Å². The van der Waals surface area contributed by atoms with Gasteiger partial charge in [0.1, 0.15) is 0 Å². The topological polar surface area (TPSA) is 32.9 Å². The van der Waals surface area contributed by atoms with Gasteiger partial charge in [-0.1, -0.05) is 28.1 Å². The van der Waals surface area contributed by atoms with Crippen molar-refractivity contribution in [3.8, 4) is 0 Å². The highest BCUT2D eigenvalue weighted by molar-refractivity contribution is 9.10. The number of ketones is 1. The Morgan fingerprint density at radius 2 is 2.00 bits per heavy atom. The summed E-state index contributed by atoms with van der Waals surface area (Å²) in [5.74, 6) is 0.0845. The van der Waals surface area contributed by atoms with Crippen LogP contribution in [0.5, 0.6) is 0 Å². The molecule has 3 aromatic rings. The number of H-pyrrole nitrogens is 1. The normalized spacial score (nSPS) is 11.2. The van der Waals surface area contributed by atoms with Crippen molar-refractivity contribution >= 4 is 43.5 Å². The van der Waals surface area contributed by atoms with Crippen LogP contribution < -0.4 is 0 Å². The van der Waals surface area contributed by atoms with Gasteiger partial charge in [0.25, 0.3) is 0 Å². The molecule has 1 heterocycles. The highest BCUT2D eigenvalue weighted by atomic mass is 79.9. The number of benzene rings is 2. The number of aromatic amines is 1. The lowest BCUT2D eigenvalue weighted by molar-refractivity contribution is 0.101. The summed E-state index contributed by atoms with van der Waals surface area (Å²) < 4.78 is 1.04. The van der Waals surface area contributed by atoms with Crippen molar-refractivity contribution in [3.63, 3.8) is 0 Å². The Kier molecular flexibility index (Phi) is 2.30. The summed E-state index contributed by atoms with van der Waals surface area (Å²) in [6.07, 6.45) is 0. The van der Waals surface area contributed by atoms with Crippen LogP contribution in [0.1, 0.15) is 17.3 Å². The molecular formula is C14H10BrNO. The summed E-state index contributed by atoms with van der Waals surface area (Å²) in [7, 11) is 0. The van der Waals surface area contributed by atoms with Gasteiger partial charge in [0.15, 0.2) is 5.78 Å². The average Bonchev–Trinajstić information content (AvgIpc) is 2.66. The van der Waals surface area contributed by atoms with Crippen molar-refractivity contribution in [2.45, 2.75) is 6.92 Å². The van der Waals surface area contributed by atoms with E-state index in [1.807, 2.05) is 30.3 Å². The molecule has 0 aliphatic rings. The Labute approximate surface area is 107 Å². The van der Waals surface area contributed by atoms with Gasteiger partial charge in [-0.2, -0.15) is 0 Å². The zero-order chi connectivity index (χ0) is 12.0. The Morgan fingerprint density at radius 3 is 2.76 bits per heavy atom. The first-order chi connectivity index (χ1) is 8.16. The molecule has 0 aliphatic carbocycles. The number of carbonyl (C=O) groups excluding carboxylic acids is 1. The van der Waals surface area contributed by atoms with Crippen LogP contribution in [0.15, 0.2) is 40.9 Å². The Morgan fingerprint density at radius 1 is 1.18 bits per heavy atom. The zero-order valence-corrected chi connectivity index (χ0v) is 10.8. The second-order valence-corrected chi connectivity index (χ2v) is 5.01. The molecule has 2 nitrogen and oxygen atoms in total. The summed E-state index contributed by atoms with van der Waals surface area (Å²) >= 11 is 3.47. The fourth-order valence-electron chi connectivity index (χ4n) is 2.19. The molecule has 0 amide bonds. The lowest BCUT2D eigenvalue weighted by Gasteiger charge is -1.97. The molecule has 0 bridgehead atoms. The molecule has 2 aromatic carbocycles. The predicted molar refractivity (Wildman–Crippen MR) is 73.5 cm³/mol. The number of carbonyl (C=O) groups is 1. The Bertz CT molecular complexity index is 742. The van der Waals surface area contributed by atoms with E-state index in [2.05, 4.69) is 27.0 Å². The van der Waals surface area contributed by atoms with E-state index in [4.69, 9.17) is 0 Å². The van der Waals surface area contributed by atoms with Crippen LogP contribution in [0.4, 0.5) is 0 Å². The minimum Gasteiger partial charge on any atom is -0.354 e. The van der Waals surface area contributed by atoms with Gasteiger partial charge in [0.05, 0.1) is 5.52 Å². The minimum absolute atomic E-state index is 0.0845. The van der Waals surface area contributed by atoms with Crippen molar-refractivity contribution in [1.29, 1.82) is 0 Å². The molecule has 0 aliphatic heterocycles. The molecule has 0 saturated heterocycles. The third-order valence-electron chi connectivity index (χ3n) is 2.98. The molecule has 3 heteroatoms. The number of Topliss-reactive ketones (excluding diaryl/α,β-unsaturated/α-hetero) is 1. The number of halogens is 1. The van der Waals surface area contributed by atoms with Crippen molar-refractivity contribution in [3.05, 3.63) is 46.4 Å². The minimum atomic E-state index is 0.0845. The molecule has 1 aromatic heterocycles. The maximum Gasteiger partial charge on any atom is 0.161 e. The molecule has 3 rings (SSSR count). The fraction of sp³-hybridized carbons (Fsp3) is 0.0714. The number of aromatic nitrogens is 1. The van der Waals surface area contributed by atoms with E-state index < -0.39 is 0 Å². The summed E-state index contributed by atoms with van der Waals surface area (Å²) in [4.78, 5) is 14.9. The van der Waals surface area contributed by atoms with Crippen LogP contribution in [0.25, 0.3) is 21.8 Å². The first-order valence-electron chi connectivity index (χ1n) is 5.38. The number of rotatable bonds is 1. The molecule has 0 unspecified atom stereocenters. The van der Waals surface area contributed by atoms with Crippen LogP contribution in [0.2, 0.25) is 0 Å². The first-order valence-corrected chi connectivity index (χ1v) is 6.17. The maximum absolute atomic E-state index is 11.6. The number of fused-ring (bicyclic) bond motifs is 3. The molecule has 17 heavy (non-hydrogen) atoms. The molecule has 0 fully saturated rings. The number of hydrogen-bond donors (Lipinski definition) is 1. The third kappa shape index (κ3) is 1.58. The van der Waals surface area contributed by atoms with E-state index in [0.717, 1.165) is 31.8 Å². The number of nitrogens with one attached hydrogen (secondary N) is 1. The summed E-state index contributed by atoms with van der Waals surface area (Å²) in [5, 5.41) is 2.23. The maximum atomic E-state index is 11.6. The zero-order valence-electron chi connectivity index (χ0n) is 9.25. The van der Waals surface area contributed by atoms with E-state index >= 15 is 0 Å². The van der Waals surface area contributed by atoms with Gasteiger partial charge in [-0.15, -0.1) is 0 Å². The molecular weight excluding hydrogens is 278 g/mol. The second kappa shape index (κ2) is 3.70. The SMILES string of the molecule is CC(=O)c1cccc2c1[nH]c1ccc(Br)cc12. The predicted octanol–water partition coefficient (Wildman–Crippen LogP) is 4.29. The van der Waals surface area contributed by atoms with Crippen LogP contribution >= 0.6 is 15.9 Å². The number of para-hydroxylation sites is 1. The van der Waals surface area contributed by atoms with E-state index in [0.29, 0.717) is 0 Å². The van der Waals surface area contributed by atoms with Crippen molar-refractivity contribution in [2.24, 2.45) is 0 Å². The summed E-state index contributed by atoms with van der Waals surface area (Å²) in [6, 6.07) is 11.9. The van der Waals surface area contributed by atoms with Crippen LogP contribution in [-0.2, 0) is 0 Å². The highest BCUT2D eigenvalue weighted by Gasteiger charge is 2.10. The molecule has 0 radical (unpaired) electrons. The van der Waals surface area contributed by atoms with Crippen molar-refractivity contribution < 1.29 is 4.79 Å². The van der Waals surface area contributed by atoms with Gasteiger partial charge in [0, 0.05) is 26.3 Å². The summed E-state index contributed by atoms with van der Waals surface area (Å²) in [5.41, 5.74) is 2.72. The molecule has 0 atom stereocenters. The molecule has 0 spiro atoms. The van der Waals surface area contributed by atoms with Crippen molar-refractivity contribution in [1.82, 2.24) is 4.98 Å². The van der Waals surface area contributed by atoms with Gasteiger partial charge in [-0.3, -0.25) is 4.79 Å². The first kappa shape index (κ1) is 10.5. The lowest BCUT2D eigenvalue weighted by Crippen LogP contribution is -1.92. The third-order valence-corrected chi connectivity index (χ3v) is 3.47. The lowest BCUT2D eigenvalue weighted by atomic mass is 10.1. The van der Waals surface area contributed by atoms with Crippen molar-refractivity contribution in [2.75, 3.05) is 0 Å². The molecule has 84 valence electrons. The smallest absolute Gasteiger partial charge is 0.161 e.